The molecule has 2 aromatic rings. The van der Waals surface area contributed by atoms with Gasteiger partial charge in [0.05, 0.1) is 7.11 Å². The van der Waals surface area contributed by atoms with Gasteiger partial charge in [0.1, 0.15) is 5.75 Å². The Morgan fingerprint density at radius 1 is 1.05 bits per heavy atom. The van der Waals surface area contributed by atoms with Gasteiger partial charge in [0.25, 0.3) is 0 Å². The molecule has 2 aliphatic rings. The summed E-state index contributed by atoms with van der Waals surface area (Å²) >= 11 is 0. The summed E-state index contributed by atoms with van der Waals surface area (Å²) in [5, 5.41) is 0. The standard InChI is InChI=1S/C19H21NO/c1-21-14-8-7-13-9-18(19(20)16(13)10-14)17-11-15(17)12-5-3-2-4-6-12/h2-8,10,15,17-19H,9,11,20H2,1H3/t15-,17+,18?,19?/m0/s1. The van der Waals surface area contributed by atoms with Crippen LogP contribution in [0.1, 0.15) is 35.1 Å². The molecule has 2 unspecified atom stereocenters. The van der Waals surface area contributed by atoms with Crippen LogP contribution >= 0.6 is 0 Å². The lowest BCUT2D eigenvalue weighted by Crippen LogP contribution is -2.19. The Morgan fingerprint density at radius 2 is 1.86 bits per heavy atom. The Morgan fingerprint density at radius 3 is 2.62 bits per heavy atom. The highest BCUT2D eigenvalue weighted by atomic mass is 16.5. The first-order valence-electron chi connectivity index (χ1n) is 7.75. The van der Waals surface area contributed by atoms with Crippen LogP contribution in [0.3, 0.4) is 0 Å². The van der Waals surface area contributed by atoms with Gasteiger partial charge in [0.15, 0.2) is 0 Å². The topological polar surface area (TPSA) is 35.2 Å². The zero-order chi connectivity index (χ0) is 14.4. The smallest absolute Gasteiger partial charge is 0.119 e. The van der Waals surface area contributed by atoms with Gasteiger partial charge in [-0.05, 0) is 59.4 Å². The summed E-state index contributed by atoms with van der Waals surface area (Å²) in [6.45, 7) is 0. The molecule has 0 saturated heterocycles. The van der Waals surface area contributed by atoms with Crippen molar-refractivity contribution in [2.24, 2.45) is 17.6 Å². The molecule has 2 nitrogen and oxygen atoms in total. The third kappa shape index (κ3) is 2.14. The summed E-state index contributed by atoms with van der Waals surface area (Å²) in [5.74, 6) is 2.94. The molecule has 1 saturated carbocycles. The van der Waals surface area contributed by atoms with Gasteiger partial charge >= 0.3 is 0 Å². The molecule has 0 heterocycles. The first-order valence-corrected chi connectivity index (χ1v) is 7.75. The monoisotopic (exact) mass is 279 g/mol. The minimum atomic E-state index is 0.161. The molecule has 21 heavy (non-hydrogen) atoms. The van der Waals surface area contributed by atoms with E-state index in [1.807, 2.05) is 0 Å². The number of methoxy groups -OCH3 is 1. The van der Waals surface area contributed by atoms with E-state index in [0.29, 0.717) is 11.8 Å². The van der Waals surface area contributed by atoms with Crippen molar-refractivity contribution in [3.63, 3.8) is 0 Å². The highest BCUT2D eigenvalue weighted by molar-refractivity contribution is 5.42. The van der Waals surface area contributed by atoms with Gasteiger partial charge in [0, 0.05) is 6.04 Å². The van der Waals surface area contributed by atoms with Crippen LogP contribution in [0, 0.1) is 11.8 Å². The van der Waals surface area contributed by atoms with Crippen LogP contribution in [0.25, 0.3) is 0 Å². The van der Waals surface area contributed by atoms with Crippen molar-refractivity contribution >= 4 is 0 Å². The fraction of sp³-hybridized carbons (Fsp3) is 0.368. The molecule has 1 fully saturated rings. The predicted molar refractivity (Wildman–Crippen MR) is 84.4 cm³/mol. The number of nitrogens with two attached hydrogens (primary N) is 1. The number of ether oxygens (including phenoxy) is 1. The largest absolute Gasteiger partial charge is 0.497 e. The number of hydrogen-bond acceptors (Lipinski definition) is 2. The second kappa shape index (κ2) is 4.88. The molecule has 4 atom stereocenters. The Labute approximate surface area is 125 Å². The van der Waals surface area contributed by atoms with Gasteiger partial charge in [-0.1, -0.05) is 36.4 Å². The van der Waals surface area contributed by atoms with Gasteiger partial charge in [-0.2, -0.15) is 0 Å². The maximum atomic E-state index is 6.54. The SMILES string of the molecule is COc1ccc2c(c1)C(N)C([C@@H]1C[C@H]1c1ccccc1)C2. The number of rotatable bonds is 3. The van der Waals surface area contributed by atoms with Crippen molar-refractivity contribution < 1.29 is 4.74 Å². The van der Waals surface area contributed by atoms with Crippen molar-refractivity contribution in [3.05, 3.63) is 65.2 Å². The molecule has 2 aromatic carbocycles. The third-order valence-electron chi connectivity index (χ3n) is 5.25. The quantitative estimate of drug-likeness (QED) is 0.930. The van der Waals surface area contributed by atoms with E-state index in [9.17, 15) is 0 Å². The Bertz CT molecular complexity index is 652. The van der Waals surface area contributed by atoms with E-state index in [1.54, 1.807) is 7.11 Å². The van der Waals surface area contributed by atoms with E-state index in [0.717, 1.165) is 18.1 Å². The fourth-order valence-electron chi connectivity index (χ4n) is 4.00. The van der Waals surface area contributed by atoms with Crippen molar-refractivity contribution in [1.82, 2.24) is 0 Å². The van der Waals surface area contributed by atoms with Gasteiger partial charge < -0.3 is 10.5 Å². The molecule has 0 spiro atoms. The summed E-state index contributed by atoms with van der Waals surface area (Å²) in [6, 6.07) is 17.4. The lowest BCUT2D eigenvalue weighted by atomic mass is 9.93. The van der Waals surface area contributed by atoms with Gasteiger partial charge in [-0.3, -0.25) is 0 Å². The molecule has 2 aliphatic carbocycles. The van der Waals surface area contributed by atoms with Crippen molar-refractivity contribution in [1.29, 1.82) is 0 Å². The van der Waals surface area contributed by atoms with Crippen LogP contribution in [0.15, 0.2) is 48.5 Å². The summed E-state index contributed by atoms with van der Waals surface area (Å²) in [7, 11) is 1.71. The van der Waals surface area contributed by atoms with Crippen LogP contribution in [-0.4, -0.2) is 7.11 Å². The lowest BCUT2D eigenvalue weighted by Gasteiger charge is -2.16. The highest BCUT2D eigenvalue weighted by Gasteiger charge is 2.48. The lowest BCUT2D eigenvalue weighted by molar-refractivity contribution is 0.401. The molecule has 108 valence electrons. The fourth-order valence-corrected chi connectivity index (χ4v) is 4.00. The van der Waals surface area contributed by atoms with E-state index in [-0.39, 0.29) is 6.04 Å². The minimum absolute atomic E-state index is 0.161. The van der Waals surface area contributed by atoms with Crippen LogP contribution in [0.5, 0.6) is 5.75 Å². The van der Waals surface area contributed by atoms with Crippen LogP contribution in [-0.2, 0) is 6.42 Å². The van der Waals surface area contributed by atoms with Gasteiger partial charge in [-0.15, -0.1) is 0 Å². The molecule has 0 amide bonds. The summed E-state index contributed by atoms with van der Waals surface area (Å²) < 4.78 is 5.33. The highest BCUT2D eigenvalue weighted by Crippen LogP contribution is 2.57. The average molecular weight is 279 g/mol. The normalized spacial score (nSPS) is 30.0. The summed E-state index contributed by atoms with van der Waals surface area (Å²) in [6.07, 6.45) is 2.40. The maximum absolute atomic E-state index is 6.54. The Kier molecular flexibility index (Phi) is 3.00. The molecule has 2 N–H and O–H groups in total. The van der Waals surface area contributed by atoms with Gasteiger partial charge in [-0.25, -0.2) is 0 Å². The molecular formula is C19H21NO. The van der Waals surface area contributed by atoms with E-state index in [4.69, 9.17) is 10.5 Å². The maximum Gasteiger partial charge on any atom is 0.119 e. The van der Waals surface area contributed by atoms with Crippen LogP contribution in [0.2, 0.25) is 0 Å². The van der Waals surface area contributed by atoms with E-state index in [2.05, 4.69) is 48.5 Å². The zero-order valence-electron chi connectivity index (χ0n) is 12.3. The number of benzene rings is 2. The summed E-state index contributed by atoms with van der Waals surface area (Å²) in [5.41, 5.74) is 10.7. The zero-order valence-corrected chi connectivity index (χ0v) is 12.3. The van der Waals surface area contributed by atoms with E-state index >= 15 is 0 Å². The molecule has 0 aromatic heterocycles. The Hall–Kier alpha value is -1.80. The average Bonchev–Trinajstić information content (AvgIpc) is 3.27. The molecule has 2 heteroatoms. The second-order valence-electron chi connectivity index (χ2n) is 6.38. The van der Waals surface area contributed by atoms with Crippen molar-refractivity contribution in [3.8, 4) is 5.75 Å². The third-order valence-corrected chi connectivity index (χ3v) is 5.25. The minimum Gasteiger partial charge on any atom is -0.497 e. The molecule has 0 aliphatic heterocycles. The molecule has 0 radical (unpaired) electrons. The van der Waals surface area contributed by atoms with Crippen LogP contribution in [0.4, 0.5) is 0 Å². The summed E-state index contributed by atoms with van der Waals surface area (Å²) in [4.78, 5) is 0. The number of fused-ring (bicyclic) bond motifs is 1. The van der Waals surface area contributed by atoms with Crippen molar-refractivity contribution in [2.75, 3.05) is 7.11 Å². The molecule has 0 bridgehead atoms. The second-order valence-corrected chi connectivity index (χ2v) is 6.38. The van der Waals surface area contributed by atoms with Gasteiger partial charge in [0.2, 0.25) is 0 Å². The van der Waals surface area contributed by atoms with E-state index < -0.39 is 0 Å². The molecule has 4 rings (SSSR count). The van der Waals surface area contributed by atoms with Crippen LogP contribution < -0.4 is 10.5 Å². The molecular weight excluding hydrogens is 258 g/mol. The van der Waals surface area contributed by atoms with Crippen molar-refractivity contribution in [2.45, 2.75) is 24.8 Å². The number of hydrogen-bond donors (Lipinski definition) is 1. The first-order chi connectivity index (χ1) is 10.3. The predicted octanol–water partition coefficient (Wildman–Crippen LogP) is 3.67. The van der Waals surface area contributed by atoms with E-state index in [1.165, 1.54) is 23.1 Å². The first kappa shape index (κ1) is 12.9. The Balaban J connectivity index is 1.54.